The molecule has 49 heavy (non-hydrogen) atoms. The molecule has 5 rings (SSSR count). The monoisotopic (exact) mass is 660 g/mol. The molecule has 1 heterocycles. The van der Waals surface area contributed by atoms with Crippen LogP contribution in [0.2, 0.25) is 0 Å². The van der Waals surface area contributed by atoms with Gasteiger partial charge in [-0.2, -0.15) is 0 Å². The minimum absolute atomic E-state index is 0.0934. The van der Waals surface area contributed by atoms with E-state index in [1.807, 2.05) is 62.4 Å². The second kappa shape index (κ2) is 14.6. The Morgan fingerprint density at radius 2 is 1.55 bits per heavy atom. The molecule has 252 valence electrons. The molecular weight excluding hydrogens is 620 g/mol. The summed E-state index contributed by atoms with van der Waals surface area (Å²) >= 11 is 0. The summed E-state index contributed by atoms with van der Waals surface area (Å²) in [6, 6.07) is 26.1. The Kier molecular flexibility index (Phi) is 10.3. The van der Waals surface area contributed by atoms with Gasteiger partial charge in [-0.1, -0.05) is 87.5 Å². The summed E-state index contributed by atoms with van der Waals surface area (Å²) in [7, 11) is 0. The highest BCUT2D eigenvalue weighted by molar-refractivity contribution is 6.13. The van der Waals surface area contributed by atoms with E-state index in [1.165, 1.54) is 15.9 Å². The third-order valence-electron chi connectivity index (χ3n) is 8.15. The van der Waals surface area contributed by atoms with Gasteiger partial charge in [0, 0.05) is 16.7 Å². The fourth-order valence-corrected chi connectivity index (χ4v) is 5.58. The Labute approximate surface area is 286 Å². The number of hydrogen-bond donors (Lipinski definition) is 2. The van der Waals surface area contributed by atoms with E-state index >= 15 is 0 Å². The maximum Gasteiger partial charge on any atom is 0.338 e. The molecule has 4 aromatic carbocycles. The predicted molar refractivity (Wildman–Crippen MR) is 189 cm³/mol. The molecule has 0 spiro atoms. The number of fused-ring (bicyclic) bond motifs is 1. The third kappa shape index (κ3) is 8.21. The van der Waals surface area contributed by atoms with Crippen molar-refractivity contribution in [3.05, 3.63) is 125 Å². The molecule has 10 heteroatoms. The number of rotatable bonds is 8. The van der Waals surface area contributed by atoms with Crippen LogP contribution in [0, 0.1) is 19.3 Å². The lowest BCUT2D eigenvalue weighted by atomic mass is 9.94. The molecule has 1 atom stereocenters. The summed E-state index contributed by atoms with van der Waals surface area (Å²) in [5.41, 5.74) is 3.47. The molecule has 4 aromatic rings. The Hall–Kier alpha value is -5.77. The number of aryl methyl sites for hydroxylation is 2. The number of anilines is 3. The third-order valence-corrected chi connectivity index (χ3v) is 8.15. The molecule has 0 radical (unpaired) electrons. The first-order valence-electron chi connectivity index (χ1n) is 16.0. The van der Waals surface area contributed by atoms with Crippen LogP contribution in [0.15, 0.2) is 97.1 Å². The van der Waals surface area contributed by atoms with E-state index < -0.39 is 29.4 Å². The van der Waals surface area contributed by atoms with Crippen LogP contribution < -0.4 is 20.4 Å². The Morgan fingerprint density at radius 3 is 2.27 bits per heavy atom. The van der Waals surface area contributed by atoms with Crippen LogP contribution in [-0.4, -0.2) is 48.7 Å². The van der Waals surface area contributed by atoms with Crippen molar-refractivity contribution < 1.29 is 28.7 Å². The fraction of sp³-hybridized carbons (Fsp3) is 0.256. The first kappa shape index (κ1) is 34.6. The average molecular weight is 661 g/mol. The van der Waals surface area contributed by atoms with E-state index in [-0.39, 0.29) is 37.0 Å². The number of ketones is 1. The molecule has 0 saturated carbocycles. The summed E-state index contributed by atoms with van der Waals surface area (Å²) in [5, 5.41) is 5.42. The van der Waals surface area contributed by atoms with Crippen LogP contribution in [0.5, 0.6) is 0 Å². The van der Waals surface area contributed by atoms with Gasteiger partial charge in [0.15, 0.2) is 5.78 Å². The van der Waals surface area contributed by atoms with Crippen LogP contribution in [0.3, 0.4) is 0 Å². The lowest BCUT2D eigenvalue weighted by Gasteiger charge is -2.31. The molecule has 2 N–H and O–H groups in total. The molecule has 1 aliphatic rings. The summed E-state index contributed by atoms with van der Waals surface area (Å²) in [5.74, 6) is -1.66. The quantitative estimate of drug-likeness (QED) is 0.165. The number of hydrogen-bond acceptors (Lipinski definition) is 6. The number of urea groups is 1. The van der Waals surface area contributed by atoms with Gasteiger partial charge < -0.3 is 25.2 Å². The SMILES string of the molecule is Cc1ccc2c(c1)N(CC(=O)c1ccccc1C)C(=O)C(NC(=O)Nc1cccc(C(=O)OCc3ccccc3)c1)CN2C(=O)C(C)(C)C. The molecular formula is C39H40N4O6. The van der Waals surface area contributed by atoms with Gasteiger partial charge in [0.1, 0.15) is 12.6 Å². The number of amides is 4. The van der Waals surface area contributed by atoms with E-state index in [1.54, 1.807) is 63.2 Å². The number of nitrogens with zero attached hydrogens (tertiary/aromatic N) is 2. The highest BCUT2D eigenvalue weighted by Crippen LogP contribution is 2.36. The maximum absolute atomic E-state index is 14.3. The first-order valence-corrected chi connectivity index (χ1v) is 16.0. The molecule has 0 fully saturated rings. The minimum atomic E-state index is -1.22. The maximum atomic E-state index is 14.3. The van der Waals surface area contributed by atoms with E-state index in [4.69, 9.17) is 4.74 Å². The van der Waals surface area contributed by atoms with Gasteiger partial charge in [0.2, 0.25) is 5.91 Å². The fourth-order valence-electron chi connectivity index (χ4n) is 5.58. The number of esters is 1. The van der Waals surface area contributed by atoms with Crippen molar-refractivity contribution in [1.29, 1.82) is 0 Å². The molecule has 0 saturated heterocycles. The number of nitrogens with one attached hydrogen (secondary N) is 2. The van der Waals surface area contributed by atoms with Crippen LogP contribution in [-0.2, 0) is 20.9 Å². The summed E-state index contributed by atoms with van der Waals surface area (Å²) in [6.07, 6.45) is 0. The molecule has 1 aliphatic heterocycles. The van der Waals surface area contributed by atoms with Gasteiger partial charge in [-0.05, 0) is 60.9 Å². The molecule has 0 aliphatic carbocycles. The zero-order valence-corrected chi connectivity index (χ0v) is 28.3. The van der Waals surface area contributed by atoms with Crippen LogP contribution in [0.4, 0.5) is 21.9 Å². The Bertz CT molecular complexity index is 1900. The highest BCUT2D eigenvalue weighted by atomic mass is 16.5. The summed E-state index contributed by atoms with van der Waals surface area (Å²) in [6.45, 7) is 8.65. The second-order valence-corrected chi connectivity index (χ2v) is 13.1. The van der Waals surface area contributed by atoms with E-state index in [2.05, 4.69) is 10.6 Å². The molecule has 4 amide bonds. The van der Waals surface area contributed by atoms with Gasteiger partial charge in [0.05, 0.1) is 30.0 Å². The number of benzene rings is 4. The van der Waals surface area contributed by atoms with Gasteiger partial charge in [0.25, 0.3) is 5.91 Å². The summed E-state index contributed by atoms with van der Waals surface area (Å²) < 4.78 is 5.42. The standard InChI is InChI=1S/C39H40N4O6/c1-25-18-19-32-33(20-25)42(23-34(44)30-17-10-9-12-26(30)2)35(45)31(22-43(32)37(47)39(3,4)5)41-38(48)40-29-16-11-15-28(21-29)36(46)49-24-27-13-7-6-8-14-27/h6-21,31H,22-24H2,1-5H3,(H2,40,41,48). The Morgan fingerprint density at radius 1 is 0.837 bits per heavy atom. The highest BCUT2D eigenvalue weighted by Gasteiger charge is 2.40. The smallest absolute Gasteiger partial charge is 0.338 e. The largest absolute Gasteiger partial charge is 0.457 e. The van der Waals surface area contributed by atoms with E-state index in [0.717, 1.165) is 16.7 Å². The van der Waals surface area contributed by atoms with Crippen molar-refractivity contribution in [2.24, 2.45) is 5.41 Å². The molecule has 10 nitrogen and oxygen atoms in total. The number of carbonyl (C=O) groups excluding carboxylic acids is 5. The van der Waals surface area contributed by atoms with Gasteiger partial charge in [-0.25, -0.2) is 9.59 Å². The van der Waals surface area contributed by atoms with Gasteiger partial charge in [-0.3, -0.25) is 14.4 Å². The van der Waals surface area contributed by atoms with Crippen molar-refractivity contribution in [3.8, 4) is 0 Å². The second-order valence-electron chi connectivity index (χ2n) is 13.1. The zero-order valence-electron chi connectivity index (χ0n) is 28.3. The van der Waals surface area contributed by atoms with Crippen LogP contribution in [0.1, 0.15) is 58.2 Å². The van der Waals surface area contributed by atoms with E-state index in [0.29, 0.717) is 22.6 Å². The first-order chi connectivity index (χ1) is 23.3. The summed E-state index contributed by atoms with van der Waals surface area (Å²) in [4.78, 5) is 70.9. The van der Waals surface area contributed by atoms with Gasteiger partial charge >= 0.3 is 12.0 Å². The van der Waals surface area contributed by atoms with Crippen molar-refractivity contribution >= 4 is 46.7 Å². The normalized spacial score (nSPS) is 14.4. The number of carbonyl (C=O) groups is 5. The molecule has 0 aromatic heterocycles. The number of Topliss-reactive ketones (excluding diaryl/α,β-unsaturated/α-hetero) is 1. The van der Waals surface area contributed by atoms with E-state index in [9.17, 15) is 24.0 Å². The van der Waals surface area contributed by atoms with Gasteiger partial charge in [-0.15, -0.1) is 0 Å². The topological polar surface area (TPSA) is 125 Å². The van der Waals surface area contributed by atoms with Crippen LogP contribution >= 0.6 is 0 Å². The molecule has 1 unspecified atom stereocenters. The minimum Gasteiger partial charge on any atom is -0.457 e. The zero-order chi connectivity index (χ0) is 35.3. The average Bonchev–Trinajstić information content (AvgIpc) is 3.17. The number of ether oxygens (including phenoxy) is 1. The van der Waals surface area contributed by atoms with Crippen LogP contribution in [0.25, 0.3) is 0 Å². The molecule has 0 bridgehead atoms. The van der Waals surface area contributed by atoms with Crippen molar-refractivity contribution in [2.45, 2.75) is 47.3 Å². The van der Waals surface area contributed by atoms with Crippen molar-refractivity contribution in [2.75, 3.05) is 28.2 Å². The van der Waals surface area contributed by atoms with Crippen molar-refractivity contribution in [3.63, 3.8) is 0 Å². The predicted octanol–water partition coefficient (Wildman–Crippen LogP) is 6.46. The lowest BCUT2D eigenvalue weighted by molar-refractivity contribution is -0.126. The van der Waals surface area contributed by atoms with Crippen molar-refractivity contribution in [1.82, 2.24) is 5.32 Å². The lowest BCUT2D eigenvalue weighted by Crippen LogP contribution is -2.55. The Balaban J connectivity index is 1.41.